The molecule has 0 bridgehead atoms. The van der Waals surface area contributed by atoms with Crippen molar-refractivity contribution in [3.63, 3.8) is 0 Å². The lowest BCUT2D eigenvalue weighted by atomic mass is 10.2. The van der Waals surface area contributed by atoms with Gasteiger partial charge in [-0.2, -0.15) is 0 Å². The summed E-state index contributed by atoms with van der Waals surface area (Å²) in [6.45, 7) is 1.85. The molecule has 142 valence electrons. The maximum atomic E-state index is 12.3. The molecule has 0 atom stereocenters. The molecule has 0 spiro atoms. The van der Waals surface area contributed by atoms with Crippen LogP contribution in [0.3, 0.4) is 0 Å². The van der Waals surface area contributed by atoms with Crippen LogP contribution in [0.25, 0.3) is 6.08 Å². The minimum absolute atomic E-state index is 0.0711. The van der Waals surface area contributed by atoms with E-state index in [2.05, 4.69) is 5.32 Å². The molecule has 0 aromatic heterocycles. The van der Waals surface area contributed by atoms with E-state index in [1.165, 1.54) is 11.0 Å². The van der Waals surface area contributed by atoms with Crippen LogP contribution in [-0.4, -0.2) is 44.5 Å². The SMILES string of the molecule is COc1cccc(/C=C/C(=O)N(C)CC(=O)Nc2cc(C)ccc2OC)c1. The van der Waals surface area contributed by atoms with Gasteiger partial charge in [-0.25, -0.2) is 0 Å². The molecule has 0 radical (unpaired) electrons. The van der Waals surface area contributed by atoms with Crippen molar-refractivity contribution in [3.05, 3.63) is 59.7 Å². The Kier molecular flexibility index (Phi) is 7.00. The topological polar surface area (TPSA) is 67.9 Å². The van der Waals surface area contributed by atoms with Crippen LogP contribution in [0, 0.1) is 6.92 Å². The maximum Gasteiger partial charge on any atom is 0.246 e. The summed E-state index contributed by atoms with van der Waals surface area (Å²) in [5.41, 5.74) is 2.41. The monoisotopic (exact) mass is 368 g/mol. The zero-order valence-corrected chi connectivity index (χ0v) is 16.0. The third kappa shape index (κ3) is 5.88. The Morgan fingerprint density at radius 3 is 2.59 bits per heavy atom. The number of aryl methyl sites for hydroxylation is 1. The Morgan fingerprint density at radius 2 is 1.89 bits per heavy atom. The molecule has 0 fully saturated rings. The Balaban J connectivity index is 1.96. The Morgan fingerprint density at radius 1 is 1.11 bits per heavy atom. The largest absolute Gasteiger partial charge is 0.497 e. The third-order valence-corrected chi connectivity index (χ3v) is 3.90. The number of carbonyl (C=O) groups is 2. The minimum atomic E-state index is -0.301. The lowest BCUT2D eigenvalue weighted by Gasteiger charge is -2.16. The number of methoxy groups -OCH3 is 2. The lowest BCUT2D eigenvalue weighted by molar-refractivity contribution is -0.129. The molecule has 2 aromatic carbocycles. The van der Waals surface area contributed by atoms with Crippen LogP contribution >= 0.6 is 0 Å². The molecule has 0 unspecified atom stereocenters. The van der Waals surface area contributed by atoms with Crippen LogP contribution in [0.15, 0.2) is 48.5 Å². The summed E-state index contributed by atoms with van der Waals surface area (Å²) in [5.74, 6) is 0.707. The van der Waals surface area contributed by atoms with E-state index in [4.69, 9.17) is 9.47 Å². The zero-order chi connectivity index (χ0) is 19.8. The molecule has 0 heterocycles. The Hall–Kier alpha value is -3.28. The molecule has 2 rings (SSSR count). The van der Waals surface area contributed by atoms with Crippen LogP contribution < -0.4 is 14.8 Å². The van der Waals surface area contributed by atoms with Crippen molar-refractivity contribution in [3.8, 4) is 11.5 Å². The van der Waals surface area contributed by atoms with Gasteiger partial charge in [0, 0.05) is 13.1 Å². The van der Waals surface area contributed by atoms with Gasteiger partial charge in [0.15, 0.2) is 0 Å². The van der Waals surface area contributed by atoms with E-state index >= 15 is 0 Å². The first-order valence-corrected chi connectivity index (χ1v) is 8.44. The van der Waals surface area contributed by atoms with Gasteiger partial charge in [0.25, 0.3) is 0 Å². The summed E-state index contributed by atoms with van der Waals surface area (Å²) in [6.07, 6.45) is 3.11. The molecule has 0 aliphatic carbocycles. The van der Waals surface area contributed by atoms with Gasteiger partial charge < -0.3 is 19.7 Å². The van der Waals surface area contributed by atoms with Crippen molar-refractivity contribution in [2.24, 2.45) is 0 Å². The predicted octanol–water partition coefficient (Wildman–Crippen LogP) is 3.12. The normalized spacial score (nSPS) is 10.5. The van der Waals surface area contributed by atoms with E-state index in [1.807, 2.05) is 43.3 Å². The second kappa shape index (κ2) is 9.43. The first kappa shape index (κ1) is 20.0. The van der Waals surface area contributed by atoms with E-state index in [0.717, 1.165) is 11.1 Å². The number of ether oxygens (including phenoxy) is 2. The second-order valence-corrected chi connectivity index (χ2v) is 6.06. The van der Waals surface area contributed by atoms with Gasteiger partial charge in [0.05, 0.1) is 26.5 Å². The molecule has 6 nitrogen and oxygen atoms in total. The summed E-state index contributed by atoms with van der Waals surface area (Å²) in [6, 6.07) is 12.9. The molecule has 0 saturated heterocycles. The summed E-state index contributed by atoms with van der Waals surface area (Å²) in [4.78, 5) is 25.8. The van der Waals surface area contributed by atoms with Crippen molar-refractivity contribution in [1.82, 2.24) is 4.90 Å². The molecule has 0 saturated carbocycles. The van der Waals surface area contributed by atoms with Crippen molar-refractivity contribution in [2.75, 3.05) is 33.1 Å². The summed E-state index contributed by atoms with van der Waals surface area (Å²) < 4.78 is 10.4. The number of hydrogen-bond acceptors (Lipinski definition) is 4. The van der Waals surface area contributed by atoms with E-state index in [-0.39, 0.29) is 18.4 Å². The standard InChI is InChI=1S/C21H24N2O4/c1-15-8-10-19(27-4)18(12-15)22-20(24)14-23(2)21(25)11-9-16-6-5-7-17(13-16)26-3/h5-13H,14H2,1-4H3,(H,22,24)/b11-9+. The second-order valence-electron chi connectivity index (χ2n) is 6.06. The van der Waals surface area contributed by atoms with Crippen LogP contribution in [-0.2, 0) is 9.59 Å². The summed E-state index contributed by atoms with van der Waals surface area (Å²) >= 11 is 0. The van der Waals surface area contributed by atoms with Crippen LogP contribution in [0.4, 0.5) is 5.69 Å². The molecule has 0 aliphatic rings. The van der Waals surface area contributed by atoms with Crippen LogP contribution in [0.2, 0.25) is 0 Å². The molecular weight excluding hydrogens is 344 g/mol. The van der Waals surface area contributed by atoms with Gasteiger partial charge in [-0.15, -0.1) is 0 Å². The molecule has 0 aliphatic heterocycles. The average Bonchev–Trinajstić information content (AvgIpc) is 2.66. The molecular formula is C21H24N2O4. The zero-order valence-electron chi connectivity index (χ0n) is 16.0. The van der Waals surface area contributed by atoms with Gasteiger partial charge in [0.2, 0.25) is 11.8 Å². The molecule has 27 heavy (non-hydrogen) atoms. The van der Waals surface area contributed by atoms with Gasteiger partial charge >= 0.3 is 0 Å². The van der Waals surface area contributed by atoms with Crippen molar-refractivity contribution < 1.29 is 19.1 Å². The van der Waals surface area contributed by atoms with E-state index < -0.39 is 0 Å². The fourth-order valence-electron chi connectivity index (χ4n) is 2.44. The smallest absolute Gasteiger partial charge is 0.246 e. The Labute approximate surface area is 159 Å². The van der Waals surface area contributed by atoms with Crippen molar-refractivity contribution in [1.29, 1.82) is 0 Å². The van der Waals surface area contributed by atoms with Gasteiger partial charge in [-0.1, -0.05) is 18.2 Å². The maximum absolute atomic E-state index is 12.3. The first-order valence-electron chi connectivity index (χ1n) is 8.44. The number of likely N-dealkylation sites (N-methyl/N-ethyl adjacent to an activating group) is 1. The van der Waals surface area contributed by atoms with Crippen molar-refractivity contribution >= 4 is 23.6 Å². The number of benzene rings is 2. The number of rotatable bonds is 7. The number of nitrogens with one attached hydrogen (secondary N) is 1. The Bertz CT molecular complexity index is 846. The van der Waals surface area contributed by atoms with E-state index in [1.54, 1.807) is 33.4 Å². The summed E-state index contributed by atoms with van der Waals surface area (Å²) in [7, 11) is 4.70. The summed E-state index contributed by atoms with van der Waals surface area (Å²) in [5, 5.41) is 2.78. The fraction of sp³-hybridized carbons (Fsp3) is 0.238. The molecule has 1 N–H and O–H groups in total. The van der Waals surface area contributed by atoms with Gasteiger partial charge in [0.1, 0.15) is 11.5 Å². The van der Waals surface area contributed by atoms with Crippen LogP contribution in [0.5, 0.6) is 11.5 Å². The molecule has 2 amide bonds. The van der Waals surface area contributed by atoms with Crippen molar-refractivity contribution in [2.45, 2.75) is 6.92 Å². The highest BCUT2D eigenvalue weighted by Crippen LogP contribution is 2.25. The number of carbonyl (C=O) groups excluding carboxylic acids is 2. The highest BCUT2D eigenvalue weighted by molar-refractivity contribution is 5.98. The molecule has 2 aromatic rings. The average molecular weight is 368 g/mol. The first-order chi connectivity index (χ1) is 12.9. The molecule has 6 heteroatoms. The highest BCUT2D eigenvalue weighted by atomic mass is 16.5. The quantitative estimate of drug-likeness (QED) is 0.763. The van der Waals surface area contributed by atoms with Gasteiger partial charge in [-0.3, -0.25) is 9.59 Å². The number of anilines is 1. The fourth-order valence-corrected chi connectivity index (χ4v) is 2.44. The van der Waals surface area contributed by atoms with Crippen LogP contribution in [0.1, 0.15) is 11.1 Å². The van der Waals surface area contributed by atoms with E-state index in [0.29, 0.717) is 17.2 Å². The number of nitrogens with zero attached hydrogens (tertiary/aromatic N) is 1. The van der Waals surface area contributed by atoms with E-state index in [9.17, 15) is 9.59 Å². The number of amides is 2. The highest BCUT2D eigenvalue weighted by Gasteiger charge is 2.13. The predicted molar refractivity (Wildman–Crippen MR) is 106 cm³/mol. The minimum Gasteiger partial charge on any atom is -0.497 e. The lowest BCUT2D eigenvalue weighted by Crippen LogP contribution is -2.33. The number of hydrogen-bond donors (Lipinski definition) is 1. The third-order valence-electron chi connectivity index (χ3n) is 3.90. The van der Waals surface area contributed by atoms with Gasteiger partial charge in [-0.05, 0) is 48.4 Å².